The summed E-state index contributed by atoms with van der Waals surface area (Å²) in [5.41, 5.74) is 12.8. The van der Waals surface area contributed by atoms with Crippen molar-refractivity contribution in [2.75, 3.05) is 0 Å². The van der Waals surface area contributed by atoms with Gasteiger partial charge in [-0.25, -0.2) is 0 Å². The molecule has 0 aliphatic heterocycles. The van der Waals surface area contributed by atoms with Crippen molar-refractivity contribution in [3.05, 3.63) is 47.5 Å². The molecule has 0 unspecified atom stereocenters. The van der Waals surface area contributed by atoms with E-state index in [2.05, 4.69) is 23.2 Å². The molecule has 5 N–H and O–H groups in total. The van der Waals surface area contributed by atoms with E-state index in [0.717, 1.165) is 18.4 Å². The van der Waals surface area contributed by atoms with Crippen LogP contribution in [0.3, 0.4) is 0 Å². The van der Waals surface area contributed by atoms with Crippen LogP contribution in [0.25, 0.3) is 0 Å². The van der Waals surface area contributed by atoms with E-state index in [0.29, 0.717) is 25.0 Å². The molecule has 0 radical (unpaired) electrons. The van der Waals surface area contributed by atoms with Crippen LogP contribution >= 0.6 is 0 Å². The van der Waals surface area contributed by atoms with Crippen molar-refractivity contribution < 1.29 is 4.79 Å². The van der Waals surface area contributed by atoms with Gasteiger partial charge in [-0.2, -0.15) is 5.26 Å². The first kappa shape index (κ1) is 21.1. The van der Waals surface area contributed by atoms with Crippen molar-refractivity contribution in [1.29, 1.82) is 5.26 Å². The summed E-state index contributed by atoms with van der Waals surface area (Å²) in [6.07, 6.45) is 12.1. The second-order valence-corrected chi connectivity index (χ2v) is 4.72. The lowest BCUT2D eigenvalue weighted by Gasteiger charge is -2.09. The van der Waals surface area contributed by atoms with E-state index >= 15 is 0 Å². The molecule has 0 fully saturated rings. The zero-order chi connectivity index (χ0) is 18.2. The van der Waals surface area contributed by atoms with Gasteiger partial charge in [-0.15, -0.1) is 0 Å². The van der Waals surface area contributed by atoms with Crippen molar-refractivity contribution in [1.82, 2.24) is 5.32 Å². The highest BCUT2D eigenvalue weighted by molar-refractivity contribution is 5.80. The maximum Gasteiger partial charge on any atom is 0.229 e. The van der Waals surface area contributed by atoms with Crippen LogP contribution in [0.15, 0.2) is 47.5 Å². The summed E-state index contributed by atoms with van der Waals surface area (Å²) in [5.74, 6) is 5.54. The van der Waals surface area contributed by atoms with Crippen LogP contribution in [0.4, 0.5) is 0 Å². The largest absolute Gasteiger partial charge is 0.392 e. The molecule has 0 aromatic heterocycles. The van der Waals surface area contributed by atoms with Crippen LogP contribution < -0.4 is 16.8 Å². The molecular formula is C19H26N4O. The van der Waals surface area contributed by atoms with E-state index < -0.39 is 0 Å². The Morgan fingerprint density at radius 1 is 1.33 bits per heavy atom. The van der Waals surface area contributed by atoms with Crippen molar-refractivity contribution >= 4 is 5.91 Å². The molecule has 1 aliphatic carbocycles. The van der Waals surface area contributed by atoms with E-state index in [1.54, 1.807) is 0 Å². The van der Waals surface area contributed by atoms with Crippen LogP contribution in [0, 0.1) is 23.2 Å². The monoisotopic (exact) mass is 326 g/mol. The highest BCUT2D eigenvalue weighted by Gasteiger charge is 2.07. The van der Waals surface area contributed by atoms with Crippen molar-refractivity contribution in [3.63, 3.8) is 0 Å². The molecular weight excluding hydrogens is 300 g/mol. The fourth-order valence-corrected chi connectivity index (χ4v) is 1.76. The molecule has 0 aromatic rings. The van der Waals surface area contributed by atoms with Gasteiger partial charge in [0.05, 0.1) is 11.8 Å². The number of carbonyl (C=O) groups is 1. The third-order valence-electron chi connectivity index (χ3n) is 2.81. The molecule has 0 saturated carbocycles. The Balaban J connectivity index is 0.00000254. The van der Waals surface area contributed by atoms with Gasteiger partial charge in [0.1, 0.15) is 5.82 Å². The number of nitrogens with zero attached hydrogens (tertiary/aromatic N) is 1. The number of nitriles is 1. The van der Waals surface area contributed by atoms with Crippen LogP contribution in [0.2, 0.25) is 0 Å². The van der Waals surface area contributed by atoms with Gasteiger partial charge in [-0.05, 0) is 30.9 Å². The van der Waals surface area contributed by atoms with Gasteiger partial charge in [-0.3, -0.25) is 4.79 Å². The molecule has 0 heterocycles. The summed E-state index contributed by atoms with van der Waals surface area (Å²) in [5, 5.41) is 11.0. The number of amides is 1. The van der Waals surface area contributed by atoms with Gasteiger partial charge >= 0.3 is 0 Å². The molecule has 5 nitrogen and oxygen atoms in total. The maximum atomic E-state index is 11.8. The van der Waals surface area contributed by atoms with Crippen molar-refractivity contribution in [3.8, 4) is 17.9 Å². The Bertz CT molecular complexity index is 622. The zero-order valence-corrected chi connectivity index (χ0v) is 14.4. The predicted octanol–water partition coefficient (Wildman–Crippen LogP) is 2.75. The number of carbonyl (C=O) groups excluding carboxylic acids is 1. The normalized spacial score (nSPS) is 13.5. The minimum absolute atomic E-state index is 0.151. The fourth-order valence-electron chi connectivity index (χ4n) is 1.76. The minimum atomic E-state index is -0.151. The van der Waals surface area contributed by atoms with Crippen LogP contribution in [0.1, 0.15) is 46.0 Å². The van der Waals surface area contributed by atoms with Gasteiger partial charge in [-0.1, -0.05) is 43.6 Å². The lowest BCUT2D eigenvalue weighted by molar-refractivity contribution is -0.119. The van der Waals surface area contributed by atoms with E-state index in [9.17, 15) is 4.79 Å². The number of unbranched alkanes of at least 4 members (excludes halogenated alkanes) is 1. The molecule has 1 aliphatic rings. The van der Waals surface area contributed by atoms with Gasteiger partial charge in [0, 0.05) is 19.3 Å². The summed E-state index contributed by atoms with van der Waals surface area (Å²) < 4.78 is 0. The SMILES string of the molecule is CC.N#CCCC#C/C(N)=C/C=C(\N)NC(=O)CC1=CC=CCC1. The standard InChI is InChI=1S/C17H20N4O.C2H6/c18-12-6-2-5-9-15(19)10-11-16(20)21-17(22)13-14-7-3-1-4-8-14;1-2/h1,3,7,10-11H,2,4,6,8,13,19-20H2,(H,21,22);1-2H3/b15-10-,16-11+;. The molecule has 0 aromatic carbocycles. The molecule has 0 bridgehead atoms. The first-order chi connectivity index (χ1) is 11.6. The third kappa shape index (κ3) is 10.8. The number of nitrogens with two attached hydrogens (primary N) is 2. The maximum absolute atomic E-state index is 11.8. The summed E-state index contributed by atoms with van der Waals surface area (Å²) in [7, 11) is 0. The van der Waals surface area contributed by atoms with Crippen LogP contribution in [-0.2, 0) is 4.79 Å². The molecule has 1 rings (SSSR count). The number of hydrogen-bond acceptors (Lipinski definition) is 4. The molecule has 0 saturated heterocycles. The Hall–Kier alpha value is -2.92. The van der Waals surface area contributed by atoms with E-state index in [-0.39, 0.29) is 11.7 Å². The van der Waals surface area contributed by atoms with Crippen LogP contribution in [0.5, 0.6) is 0 Å². The van der Waals surface area contributed by atoms with Gasteiger partial charge in [0.2, 0.25) is 5.91 Å². The molecule has 24 heavy (non-hydrogen) atoms. The number of nitrogens with one attached hydrogen (secondary N) is 1. The zero-order valence-electron chi connectivity index (χ0n) is 14.4. The fraction of sp³-hybridized carbons (Fsp3) is 0.368. The average Bonchev–Trinajstić information content (AvgIpc) is 2.59. The predicted molar refractivity (Wildman–Crippen MR) is 97.7 cm³/mol. The molecule has 1 amide bonds. The average molecular weight is 326 g/mol. The Morgan fingerprint density at radius 3 is 2.71 bits per heavy atom. The summed E-state index contributed by atoms with van der Waals surface area (Å²) in [6, 6.07) is 2.00. The number of rotatable bonds is 5. The van der Waals surface area contributed by atoms with Gasteiger partial charge in [0.15, 0.2) is 0 Å². The van der Waals surface area contributed by atoms with E-state index in [1.165, 1.54) is 12.2 Å². The first-order valence-corrected chi connectivity index (χ1v) is 8.05. The van der Waals surface area contributed by atoms with E-state index in [1.807, 2.05) is 32.1 Å². The summed E-state index contributed by atoms with van der Waals surface area (Å²) in [4.78, 5) is 11.8. The Morgan fingerprint density at radius 2 is 2.08 bits per heavy atom. The Labute approximate surface area is 144 Å². The lowest BCUT2D eigenvalue weighted by atomic mass is 10.0. The smallest absolute Gasteiger partial charge is 0.229 e. The minimum Gasteiger partial charge on any atom is -0.392 e. The quantitative estimate of drug-likeness (QED) is 0.410. The molecule has 0 spiro atoms. The van der Waals surface area contributed by atoms with Gasteiger partial charge < -0.3 is 16.8 Å². The highest BCUT2D eigenvalue weighted by atomic mass is 16.1. The summed E-state index contributed by atoms with van der Waals surface area (Å²) in [6.45, 7) is 4.00. The Kier molecular flexibility index (Phi) is 12.1. The molecule has 128 valence electrons. The van der Waals surface area contributed by atoms with Crippen molar-refractivity contribution in [2.24, 2.45) is 11.5 Å². The number of hydrogen-bond donors (Lipinski definition) is 3. The molecule has 0 atom stereocenters. The first-order valence-electron chi connectivity index (χ1n) is 8.05. The van der Waals surface area contributed by atoms with Crippen LogP contribution in [-0.4, -0.2) is 5.91 Å². The second-order valence-electron chi connectivity index (χ2n) is 4.72. The number of allylic oxidation sites excluding steroid dienone is 6. The third-order valence-corrected chi connectivity index (χ3v) is 2.81. The lowest BCUT2D eigenvalue weighted by Crippen LogP contribution is -2.27. The highest BCUT2D eigenvalue weighted by Crippen LogP contribution is 2.14. The van der Waals surface area contributed by atoms with Gasteiger partial charge in [0.25, 0.3) is 0 Å². The summed E-state index contributed by atoms with van der Waals surface area (Å²) >= 11 is 0. The second kappa shape index (κ2) is 13.7. The molecule has 5 heteroatoms. The topological polar surface area (TPSA) is 105 Å². The van der Waals surface area contributed by atoms with E-state index in [4.69, 9.17) is 16.7 Å². The van der Waals surface area contributed by atoms with Crippen molar-refractivity contribution in [2.45, 2.75) is 46.0 Å².